The average molecular weight is 460 g/mol. The van der Waals surface area contributed by atoms with Gasteiger partial charge in [-0.15, -0.1) is 0 Å². The first-order chi connectivity index (χ1) is 16.8. The van der Waals surface area contributed by atoms with Gasteiger partial charge in [-0.25, -0.2) is 9.41 Å². The minimum absolute atomic E-state index is 0.583. The summed E-state index contributed by atoms with van der Waals surface area (Å²) >= 11 is 0. The molecule has 0 amide bonds. The first kappa shape index (κ1) is 22.9. The third-order valence-electron chi connectivity index (χ3n) is 6.94. The van der Waals surface area contributed by atoms with Gasteiger partial charge in [0.2, 0.25) is 5.69 Å². The molecule has 0 saturated heterocycles. The molecule has 0 aliphatic carbocycles. The number of nitrogens with zero attached hydrogens (tertiary/aromatic N) is 2. The third-order valence-corrected chi connectivity index (χ3v) is 6.94. The van der Waals surface area contributed by atoms with Gasteiger partial charge < -0.3 is 4.42 Å². The highest BCUT2D eigenvalue weighted by Crippen LogP contribution is 2.45. The SMILES string of the molecule is [C-]#[N+]c1ccc2c(oc3c(-c4cc(CC(C)C)c(C)c[n+]4C)c(C)cc(C)c32)c1-c1ccccc1. The van der Waals surface area contributed by atoms with Crippen LogP contribution >= 0.6 is 0 Å². The van der Waals surface area contributed by atoms with Gasteiger partial charge in [-0.05, 0) is 55.4 Å². The zero-order valence-electron chi connectivity index (χ0n) is 21.4. The van der Waals surface area contributed by atoms with E-state index in [0.717, 1.165) is 50.7 Å². The van der Waals surface area contributed by atoms with Gasteiger partial charge in [0.1, 0.15) is 18.2 Å². The van der Waals surface area contributed by atoms with Gasteiger partial charge in [0.25, 0.3) is 0 Å². The van der Waals surface area contributed by atoms with Gasteiger partial charge in [0.15, 0.2) is 11.9 Å². The van der Waals surface area contributed by atoms with Gasteiger partial charge >= 0.3 is 0 Å². The van der Waals surface area contributed by atoms with Gasteiger partial charge in [-0.1, -0.05) is 62.4 Å². The molecule has 0 fully saturated rings. The van der Waals surface area contributed by atoms with Crippen LogP contribution < -0.4 is 4.57 Å². The summed E-state index contributed by atoms with van der Waals surface area (Å²) in [6.45, 7) is 18.8. The normalized spacial score (nSPS) is 11.5. The van der Waals surface area contributed by atoms with E-state index in [1.807, 2.05) is 42.5 Å². The van der Waals surface area contributed by atoms with Gasteiger partial charge in [0, 0.05) is 28.0 Å². The van der Waals surface area contributed by atoms with Crippen LogP contribution in [-0.2, 0) is 13.5 Å². The number of aryl methyl sites for hydroxylation is 4. The van der Waals surface area contributed by atoms with E-state index in [9.17, 15) is 0 Å². The molecular formula is C32H31N2O+. The van der Waals surface area contributed by atoms with Crippen molar-refractivity contribution < 1.29 is 8.98 Å². The molecule has 0 N–H and O–H groups in total. The summed E-state index contributed by atoms with van der Waals surface area (Å²) in [4.78, 5) is 3.84. The molecule has 0 radical (unpaired) electrons. The van der Waals surface area contributed by atoms with Gasteiger partial charge in [0.05, 0.1) is 12.1 Å². The number of hydrogen-bond acceptors (Lipinski definition) is 1. The van der Waals surface area contributed by atoms with Crippen molar-refractivity contribution in [1.29, 1.82) is 0 Å². The number of rotatable bonds is 4. The Morgan fingerprint density at radius 2 is 1.63 bits per heavy atom. The van der Waals surface area contributed by atoms with Crippen molar-refractivity contribution >= 4 is 27.6 Å². The Kier molecular flexibility index (Phi) is 5.69. The van der Waals surface area contributed by atoms with Crippen molar-refractivity contribution in [3.05, 3.63) is 94.5 Å². The second-order valence-electron chi connectivity index (χ2n) is 10.1. The largest absolute Gasteiger partial charge is 0.456 e. The molecule has 5 aromatic rings. The second kappa shape index (κ2) is 8.71. The Bertz CT molecular complexity index is 1630. The lowest BCUT2D eigenvalue weighted by Gasteiger charge is -2.12. The van der Waals surface area contributed by atoms with Crippen LogP contribution in [0, 0.1) is 33.3 Å². The molecule has 0 aliphatic heterocycles. The highest BCUT2D eigenvalue weighted by atomic mass is 16.3. The van der Waals surface area contributed by atoms with Crippen LogP contribution in [0.4, 0.5) is 5.69 Å². The van der Waals surface area contributed by atoms with E-state index in [2.05, 4.69) is 69.4 Å². The maximum atomic E-state index is 7.80. The van der Waals surface area contributed by atoms with E-state index in [4.69, 9.17) is 11.0 Å². The Balaban J connectivity index is 1.90. The first-order valence-corrected chi connectivity index (χ1v) is 12.2. The van der Waals surface area contributed by atoms with Crippen molar-refractivity contribution in [3.63, 3.8) is 0 Å². The van der Waals surface area contributed by atoms with Crippen LogP contribution in [0.5, 0.6) is 0 Å². The molecule has 0 atom stereocenters. The van der Waals surface area contributed by atoms with Gasteiger partial charge in [-0.2, -0.15) is 0 Å². The number of benzene rings is 3. The fraction of sp³-hybridized carbons (Fsp3) is 0.250. The molecule has 35 heavy (non-hydrogen) atoms. The van der Waals surface area contributed by atoms with Crippen LogP contribution in [0.15, 0.2) is 65.2 Å². The van der Waals surface area contributed by atoms with Crippen LogP contribution in [-0.4, -0.2) is 0 Å². The molecule has 3 aromatic carbocycles. The number of fused-ring (bicyclic) bond motifs is 3. The lowest BCUT2D eigenvalue weighted by Crippen LogP contribution is -2.32. The fourth-order valence-electron chi connectivity index (χ4n) is 5.39. The maximum absolute atomic E-state index is 7.80. The molecule has 0 bridgehead atoms. The second-order valence-corrected chi connectivity index (χ2v) is 10.1. The van der Waals surface area contributed by atoms with Crippen LogP contribution in [0.25, 0.3) is 49.2 Å². The quantitative estimate of drug-likeness (QED) is 0.195. The number of furan rings is 1. The Hall–Kier alpha value is -3.90. The topological polar surface area (TPSA) is 21.4 Å². The summed E-state index contributed by atoms with van der Waals surface area (Å²) in [5, 5.41) is 2.18. The molecule has 5 rings (SSSR count). The predicted molar refractivity (Wildman–Crippen MR) is 145 cm³/mol. The lowest BCUT2D eigenvalue weighted by atomic mass is 9.93. The summed E-state index contributed by atoms with van der Waals surface area (Å²) in [6.07, 6.45) is 3.27. The molecule has 3 nitrogen and oxygen atoms in total. The standard InChI is InChI=1S/C32H31N2O/c1-19(2)15-24-17-27(34(7)18-22(24)5)29-21(4)16-20(3)28-25-13-14-26(33-6)30(31(25)35-32(28)29)23-11-9-8-10-12-23/h8-14,16-19H,15H2,1-5,7H3/q+1. The van der Waals surface area contributed by atoms with Crippen molar-refractivity contribution in [3.8, 4) is 22.4 Å². The first-order valence-electron chi connectivity index (χ1n) is 12.2. The molecule has 0 spiro atoms. The van der Waals surface area contributed by atoms with E-state index < -0.39 is 0 Å². The van der Waals surface area contributed by atoms with Gasteiger partial charge in [-0.3, -0.25) is 0 Å². The molecule has 174 valence electrons. The molecule has 0 aliphatic rings. The molecule has 0 unspecified atom stereocenters. The Morgan fingerprint density at radius 1 is 0.886 bits per heavy atom. The van der Waals surface area contributed by atoms with E-state index in [-0.39, 0.29) is 0 Å². The van der Waals surface area contributed by atoms with Crippen molar-refractivity contribution in [2.45, 2.75) is 41.0 Å². The zero-order valence-corrected chi connectivity index (χ0v) is 21.4. The summed E-state index contributed by atoms with van der Waals surface area (Å²) < 4.78 is 8.99. The maximum Gasteiger partial charge on any atom is 0.216 e. The predicted octanol–water partition coefficient (Wildman–Crippen LogP) is 8.42. The number of hydrogen-bond donors (Lipinski definition) is 0. The van der Waals surface area contributed by atoms with Crippen LogP contribution in [0.2, 0.25) is 0 Å². The highest BCUT2D eigenvalue weighted by Gasteiger charge is 2.25. The van der Waals surface area contributed by atoms with Crippen LogP contribution in [0.3, 0.4) is 0 Å². The van der Waals surface area contributed by atoms with E-state index in [1.165, 1.54) is 22.3 Å². The molecule has 0 saturated carbocycles. The van der Waals surface area contributed by atoms with E-state index in [1.54, 1.807) is 0 Å². The van der Waals surface area contributed by atoms with E-state index in [0.29, 0.717) is 11.6 Å². The molecular weight excluding hydrogens is 428 g/mol. The summed E-state index contributed by atoms with van der Waals surface area (Å²) in [6, 6.07) is 18.7. The Morgan fingerprint density at radius 3 is 2.31 bits per heavy atom. The zero-order chi connectivity index (χ0) is 24.9. The lowest BCUT2D eigenvalue weighted by molar-refractivity contribution is -0.660. The molecule has 2 aromatic heterocycles. The Labute approximate surface area is 207 Å². The van der Waals surface area contributed by atoms with Crippen LogP contribution in [0.1, 0.15) is 36.1 Å². The minimum atomic E-state index is 0.583. The average Bonchev–Trinajstić information content (AvgIpc) is 3.21. The molecule has 3 heteroatoms. The highest BCUT2D eigenvalue weighted by molar-refractivity contribution is 6.16. The molecule has 2 heterocycles. The monoisotopic (exact) mass is 459 g/mol. The summed E-state index contributed by atoms with van der Waals surface area (Å²) in [5.41, 5.74) is 11.5. The number of aromatic nitrogens is 1. The van der Waals surface area contributed by atoms with Crippen molar-refractivity contribution in [2.24, 2.45) is 13.0 Å². The fourth-order valence-corrected chi connectivity index (χ4v) is 5.39. The summed E-state index contributed by atoms with van der Waals surface area (Å²) in [5.74, 6) is 0.583. The summed E-state index contributed by atoms with van der Waals surface area (Å²) in [7, 11) is 2.11. The van der Waals surface area contributed by atoms with E-state index >= 15 is 0 Å². The third kappa shape index (κ3) is 3.80. The van der Waals surface area contributed by atoms with Crippen molar-refractivity contribution in [2.75, 3.05) is 0 Å². The number of pyridine rings is 1. The minimum Gasteiger partial charge on any atom is -0.456 e. The smallest absolute Gasteiger partial charge is 0.216 e. The van der Waals surface area contributed by atoms with Crippen molar-refractivity contribution in [1.82, 2.24) is 0 Å².